The molecule has 1 radical (unpaired) electrons. The lowest BCUT2D eigenvalue weighted by molar-refractivity contribution is -0.182. The topological polar surface area (TPSA) is 34.9 Å². The van der Waals surface area contributed by atoms with E-state index in [0.29, 0.717) is 35.1 Å². The van der Waals surface area contributed by atoms with Gasteiger partial charge in [0.2, 0.25) is 0 Å². The molecule has 0 amide bonds. The van der Waals surface area contributed by atoms with Gasteiger partial charge in [-0.1, -0.05) is 11.6 Å². The molecule has 0 spiro atoms. The lowest BCUT2D eigenvalue weighted by atomic mass is 9.81. The maximum absolute atomic E-state index is 12.9. The van der Waals surface area contributed by atoms with E-state index in [1.54, 1.807) is 24.3 Å². The quantitative estimate of drug-likeness (QED) is 0.754. The number of halogens is 4. The number of nitrogens with zero attached hydrogens (tertiary/aromatic N) is 2. The highest BCUT2D eigenvalue weighted by Crippen LogP contribution is 2.42. The molecule has 7 heteroatoms. The van der Waals surface area contributed by atoms with E-state index >= 15 is 0 Å². The van der Waals surface area contributed by atoms with Gasteiger partial charge in [0.25, 0.3) is 5.56 Å². The number of hydrogen-bond acceptors (Lipinski definition) is 2. The maximum atomic E-state index is 12.9. The number of aromatic nitrogens is 2. The van der Waals surface area contributed by atoms with Crippen LogP contribution in [0.15, 0.2) is 35.1 Å². The summed E-state index contributed by atoms with van der Waals surface area (Å²) in [6, 6.07) is 8.02. The average Bonchev–Trinajstić information content (AvgIpc) is 2.55. The third-order valence-electron chi connectivity index (χ3n) is 4.64. The third kappa shape index (κ3) is 3.89. The second kappa shape index (κ2) is 6.83. The van der Waals surface area contributed by atoms with Gasteiger partial charge >= 0.3 is 6.18 Å². The van der Waals surface area contributed by atoms with Crippen LogP contribution in [0.1, 0.15) is 43.1 Å². The molecule has 133 valence electrons. The Bertz CT molecular complexity index is 807. The fraction of sp³-hybridized carbons (Fsp3) is 0.389. The Kier molecular flexibility index (Phi) is 4.91. The van der Waals surface area contributed by atoms with Crippen LogP contribution in [-0.2, 0) is 0 Å². The van der Waals surface area contributed by atoms with Crippen molar-refractivity contribution in [3.63, 3.8) is 0 Å². The standard InChI is InChI=1S/C18H17ClF3N2O/c1-11-10-16(25)24(15-8-6-14(19)7-9-15)17(23-11)12-2-4-13(5-3-12)18(20,21)22/h6-10,12-13H,1-5H2/t12-,13+. The van der Waals surface area contributed by atoms with Crippen LogP contribution in [0.25, 0.3) is 5.69 Å². The Morgan fingerprint density at radius 2 is 1.72 bits per heavy atom. The van der Waals surface area contributed by atoms with E-state index in [9.17, 15) is 18.0 Å². The highest BCUT2D eigenvalue weighted by Gasteiger charge is 2.42. The first-order chi connectivity index (χ1) is 11.8. The van der Waals surface area contributed by atoms with E-state index in [4.69, 9.17) is 11.6 Å². The minimum atomic E-state index is -4.16. The zero-order chi connectivity index (χ0) is 18.2. The fourth-order valence-electron chi connectivity index (χ4n) is 3.35. The maximum Gasteiger partial charge on any atom is 0.391 e. The highest BCUT2D eigenvalue weighted by molar-refractivity contribution is 6.30. The van der Waals surface area contributed by atoms with Crippen molar-refractivity contribution in [3.05, 3.63) is 64.2 Å². The van der Waals surface area contributed by atoms with Crippen LogP contribution >= 0.6 is 11.6 Å². The Balaban J connectivity index is 1.97. The molecule has 0 bridgehead atoms. The summed E-state index contributed by atoms with van der Waals surface area (Å²) in [5, 5.41) is 0.533. The molecule has 1 aromatic heterocycles. The van der Waals surface area contributed by atoms with E-state index in [1.807, 2.05) is 0 Å². The zero-order valence-electron chi connectivity index (χ0n) is 13.4. The Morgan fingerprint density at radius 3 is 2.28 bits per heavy atom. The second-order valence-electron chi connectivity index (χ2n) is 6.35. The van der Waals surface area contributed by atoms with Gasteiger partial charge in [0.15, 0.2) is 0 Å². The molecule has 0 saturated heterocycles. The normalized spacial score (nSPS) is 21.3. The Hall–Kier alpha value is -1.82. The molecule has 0 unspecified atom stereocenters. The minimum Gasteiger partial charge on any atom is -0.269 e. The predicted molar refractivity (Wildman–Crippen MR) is 90.1 cm³/mol. The highest BCUT2D eigenvalue weighted by atomic mass is 35.5. The Labute approximate surface area is 148 Å². The molecule has 1 aliphatic rings. The fourth-order valence-corrected chi connectivity index (χ4v) is 3.48. The molecular weight excluding hydrogens is 353 g/mol. The summed E-state index contributed by atoms with van der Waals surface area (Å²) in [4.78, 5) is 16.9. The van der Waals surface area contributed by atoms with Crippen LogP contribution in [-0.4, -0.2) is 15.7 Å². The molecule has 2 aromatic rings. The molecule has 0 atom stereocenters. The summed E-state index contributed by atoms with van der Waals surface area (Å²) in [5.41, 5.74) is 0.619. The van der Waals surface area contributed by atoms with Gasteiger partial charge in [-0.3, -0.25) is 9.36 Å². The summed E-state index contributed by atoms with van der Waals surface area (Å²) in [7, 11) is 0. The molecule has 1 fully saturated rings. The van der Waals surface area contributed by atoms with Crippen molar-refractivity contribution in [1.82, 2.24) is 9.55 Å². The first-order valence-electron chi connectivity index (χ1n) is 8.04. The Morgan fingerprint density at radius 1 is 1.12 bits per heavy atom. The van der Waals surface area contributed by atoms with Crippen molar-refractivity contribution in [3.8, 4) is 5.69 Å². The largest absolute Gasteiger partial charge is 0.391 e. The van der Waals surface area contributed by atoms with Crippen LogP contribution in [0, 0.1) is 12.8 Å². The van der Waals surface area contributed by atoms with Gasteiger partial charge in [-0.25, -0.2) is 4.98 Å². The SMILES string of the molecule is [CH2]c1cc(=O)n(-c2ccc(Cl)cc2)c([C@H]2CC[C@@H](C(F)(F)F)CC2)n1. The molecule has 1 aliphatic carbocycles. The zero-order valence-corrected chi connectivity index (χ0v) is 14.1. The van der Waals surface area contributed by atoms with Gasteiger partial charge in [-0.05, 0) is 56.9 Å². The lowest BCUT2D eigenvalue weighted by Crippen LogP contribution is -2.30. The predicted octanol–water partition coefficient (Wildman–Crippen LogP) is 4.90. The third-order valence-corrected chi connectivity index (χ3v) is 4.89. The molecule has 3 nitrogen and oxygen atoms in total. The number of hydrogen-bond donors (Lipinski definition) is 0. The number of alkyl halides is 3. The second-order valence-corrected chi connectivity index (χ2v) is 6.78. The van der Waals surface area contributed by atoms with E-state index in [-0.39, 0.29) is 24.3 Å². The minimum absolute atomic E-state index is 0.0476. The molecule has 0 aliphatic heterocycles. The summed E-state index contributed by atoms with van der Waals surface area (Å²) in [6.45, 7) is 3.71. The lowest BCUT2D eigenvalue weighted by Gasteiger charge is -2.30. The van der Waals surface area contributed by atoms with Crippen LogP contribution in [0.3, 0.4) is 0 Å². The van der Waals surface area contributed by atoms with Crippen LogP contribution in [0.2, 0.25) is 5.02 Å². The van der Waals surface area contributed by atoms with Gasteiger partial charge in [0.1, 0.15) is 5.82 Å². The van der Waals surface area contributed by atoms with Crippen LogP contribution < -0.4 is 5.56 Å². The van der Waals surface area contributed by atoms with Crippen LogP contribution in [0.5, 0.6) is 0 Å². The van der Waals surface area contributed by atoms with Crippen molar-refractivity contribution in [2.75, 3.05) is 0 Å². The average molecular weight is 370 g/mol. The molecule has 1 aromatic carbocycles. The first kappa shape index (κ1) is 18.0. The van der Waals surface area contributed by atoms with E-state index < -0.39 is 12.1 Å². The molecule has 1 heterocycles. The van der Waals surface area contributed by atoms with Gasteiger partial charge in [-0.15, -0.1) is 0 Å². The monoisotopic (exact) mass is 369 g/mol. The van der Waals surface area contributed by atoms with Gasteiger partial charge in [0, 0.05) is 22.7 Å². The molecule has 3 rings (SSSR count). The number of rotatable bonds is 2. The van der Waals surface area contributed by atoms with Crippen molar-refractivity contribution < 1.29 is 13.2 Å². The van der Waals surface area contributed by atoms with E-state index in [0.717, 1.165) is 0 Å². The van der Waals surface area contributed by atoms with Gasteiger partial charge < -0.3 is 0 Å². The van der Waals surface area contributed by atoms with Crippen molar-refractivity contribution in [2.24, 2.45) is 5.92 Å². The summed E-state index contributed by atoms with van der Waals surface area (Å²) in [6.07, 6.45) is -3.39. The molecule has 25 heavy (non-hydrogen) atoms. The van der Waals surface area contributed by atoms with Crippen LogP contribution in [0.4, 0.5) is 13.2 Å². The van der Waals surface area contributed by atoms with Crippen molar-refractivity contribution in [1.29, 1.82) is 0 Å². The van der Waals surface area contributed by atoms with Gasteiger partial charge in [0.05, 0.1) is 11.6 Å². The van der Waals surface area contributed by atoms with Gasteiger partial charge in [-0.2, -0.15) is 13.2 Å². The van der Waals surface area contributed by atoms with Crippen molar-refractivity contribution >= 4 is 11.6 Å². The summed E-state index contributed by atoms with van der Waals surface area (Å²) < 4.78 is 40.1. The molecule has 0 N–H and O–H groups in total. The molecular formula is C18H17ClF3N2O. The smallest absolute Gasteiger partial charge is 0.269 e. The van der Waals surface area contributed by atoms with E-state index in [1.165, 1.54) is 10.6 Å². The van der Waals surface area contributed by atoms with E-state index in [2.05, 4.69) is 11.9 Å². The summed E-state index contributed by atoms with van der Waals surface area (Å²) in [5.74, 6) is -1.01. The molecule has 1 saturated carbocycles. The first-order valence-corrected chi connectivity index (χ1v) is 8.42. The number of benzene rings is 1. The van der Waals surface area contributed by atoms with Crippen molar-refractivity contribution in [2.45, 2.75) is 37.8 Å². The summed E-state index contributed by atoms with van der Waals surface area (Å²) >= 11 is 5.89.